The van der Waals surface area contributed by atoms with Crippen molar-refractivity contribution in [2.75, 3.05) is 0 Å². The standard InChI is InChI=1S/C19H15ClN2O3/c20-13-7-6-12-10-22(14-8-9-15(23)21-18(14)24)19(25)17(12)16(13)11-4-2-1-3-5-11/h1-7,14H,8-10H2,(H,21,23,24). The largest absolute Gasteiger partial charge is 0.322 e. The molecule has 0 spiro atoms. The molecule has 1 N–H and O–H groups in total. The molecule has 3 amide bonds. The van der Waals surface area contributed by atoms with Gasteiger partial charge >= 0.3 is 0 Å². The van der Waals surface area contributed by atoms with E-state index in [0.29, 0.717) is 29.1 Å². The zero-order valence-electron chi connectivity index (χ0n) is 13.3. The molecule has 1 saturated heterocycles. The van der Waals surface area contributed by atoms with Gasteiger partial charge in [0.15, 0.2) is 0 Å². The van der Waals surface area contributed by atoms with Crippen molar-refractivity contribution >= 4 is 29.3 Å². The first-order valence-corrected chi connectivity index (χ1v) is 8.45. The average Bonchev–Trinajstić information content (AvgIpc) is 2.93. The number of hydrogen-bond donors (Lipinski definition) is 1. The molecule has 126 valence electrons. The Kier molecular flexibility index (Phi) is 3.81. The van der Waals surface area contributed by atoms with E-state index in [4.69, 9.17) is 11.6 Å². The maximum atomic E-state index is 13.1. The van der Waals surface area contributed by atoms with Gasteiger partial charge in [0.05, 0.1) is 5.56 Å². The average molecular weight is 355 g/mol. The van der Waals surface area contributed by atoms with Gasteiger partial charge in [-0.3, -0.25) is 19.7 Å². The van der Waals surface area contributed by atoms with E-state index in [1.54, 1.807) is 6.07 Å². The molecule has 0 bridgehead atoms. The molecule has 1 fully saturated rings. The lowest BCUT2D eigenvalue weighted by Gasteiger charge is -2.29. The van der Waals surface area contributed by atoms with E-state index in [-0.39, 0.29) is 18.2 Å². The fourth-order valence-electron chi connectivity index (χ4n) is 3.51. The second-order valence-corrected chi connectivity index (χ2v) is 6.63. The van der Waals surface area contributed by atoms with Crippen LogP contribution in [-0.4, -0.2) is 28.7 Å². The van der Waals surface area contributed by atoms with E-state index < -0.39 is 11.9 Å². The van der Waals surface area contributed by atoms with Gasteiger partial charge in [0.2, 0.25) is 11.8 Å². The maximum Gasteiger partial charge on any atom is 0.255 e. The summed E-state index contributed by atoms with van der Waals surface area (Å²) in [5.41, 5.74) is 2.95. The number of carbonyl (C=O) groups is 3. The van der Waals surface area contributed by atoms with Gasteiger partial charge in [-0.1, -0.05) is 48.0 Å². The SMILES string of the molecule is O=C1CCC(N2Cc3ccc(Cl)c(-c4ccccc4)c3C2=O)C(=O)N1. The van der Waals surface area contributed by atoms with Crippen LogP contribution in [0, 0.1) is 0 Å². The summed E-state index contributed by atoms with van der Waals surface area (Å²) < 4.78 is 0. The molecule has 2 heterocycles. The molecule has 2 aromatic rings. The van der Waals surface area contributed by atoms with Crippen LogP contribution in [-0.2, 0) is 16.1 Å². The van der Waals surface area contributed by atoms with Gasteiger partial charge in [-0.25, -0.2) is 0 Å². The third-order valence-electron chi connectivity index (χ3n) is 4.70. The van der Waals surface area contributed by atoms with Crippen LogP contribution in [0.3, 0.4) is 0 Å². The smallest absolute Gasteiger partial charge is 0.255 e. The van der Waals surface area contributed by atoms with E-state index in [2.05, 4.69) is 5.32 Å². The Bertz CT molecular complexity index is 895. The first-order valence-electron chi connectivity index (χ1n) is 8.07. The minimum Gasteiger partial charge on any atom is -0.322 e. The highest BCUT2D eigenvalue weighted by atomic mass is 35.5. The lowest BCUT2D eigenvalue weighted by molar-refractivity contribution is -0.136. The molecule has 6 heteroatoms. The first kappa shape index (κ1) is 15.8. The molecule has 0 radical (unpaired) electrons. The Labute approximate surface area is 149 Å². The summed E-state index contributed by atoms with van der Waals surface area (Å²) in [4.78, 5) is 38.1. The van der Waals surface area contributed by atoms with Gasteiger partial charge in [-0.15, -0.1) is 0 Å². The molecular formula is C19H15ClN2O3. The predicted molar refractivity (Wildman–Crippen MR) is 92.9 cm³/mol. The van der Waals surface area contributed by atoms with E-state index >= 15 is 0 Å². The molecule has 5 nitrogen and oxygen atoms in total. The molecule has 0 aliphatic carbocycles. The normalized spacial score (nSPS) is 19.8. The van der Waals surface area contributed by atoms with Crippen LogP contribution >= 0.6 is 11.6 Å². The number of benzene rings is 2. The summed E-state index contributed by atoms with van der Waals surface area (Å²) >= 11 is 6.39. The summed E-state index contributed by atoms with van der Waals surface area (Å²) in [7, 11) is 0. The van der Waals surface area contributed by atoms with Crippen molar-refractivity contribution in [3.63, 3.8) is 0 Å². The highest BCUT2D eigenvalue weighted by Gasteiger charge is 2.40. The van der Waals surface area contributed by atoms with Crippen LogP contribution < -0.4 is 5.32 Å². The number of piperidine rings is 1. The van der Waals surface area contributed by atoms with Gasteiger partial charge in [0, 0.05) is 23.6 Å². The zero-order valence-corrected chi connectivity index (χ0v) is 14.0. The highest BCUT2D eigenvalue weighted by Crippen LogP contribution is 2.39. The number of fused-ring (bicyclic) bond motifs is 1. The Morgan fingerprint density at radius 1 is 1.00 bits per heavy atom. The molecule has 2 aromatic carbocycles. The van der Waals surface area contributed by atoms with Crippen molar-refractivity contribution in [3.05, 3.63) is 58.6 Å². The minimum absolute atomic E-state index is 0.217. The van der Waals surface area contributed by atoms with Crippen molar-refractivity contribution in [3.8, 4) is 11.1 Å². The third-order valence-corrected chi connectivity index (χ3v) is 5.02. The Hall–Kier alpha value is -2.66. The fraction of sp³-hybridized carbons (Fsp3) is 0.211. The predicted octanol–water partition coefficient (Wildman–Crippen LogP) is 2.77. The molecule has 4 rings (SSSR count). The number of hydrogen-bond acceptors (Lipinski definition) is 3. The molecule has 2 aliphatic rings. The van der Waals surface area contributed by atoms with Gasteiger partial charge in [-0.2, -0.15) is 0 Å². The van der Waals surface area contributed by atoms with Crippen molar-refractivity contribution in [1.29, 1.82) is 0 Å². The number of halogens is 1. The number of rotatable bonds is 2. The molecule has 0 aromatic heterocycles. The molecule has 25 heavy (non-hydrogen) atoms. The Balaban J connectivity index is 1.76. The summed E-state index contributed by atoms with van der Waals surface area (Å²) in [5, 5.41) is 2.82. The maximum absolute atomic E-state index is 13.1. The number of imide groups is 1. The Morgan fingerprint density at radius 2 is 1.76 bits per heavy atom. The van der Waals surface area contributed by atoms with Gasteiger partial charge in [0.25, 0.3) is 5.91 Å². The highest BCUT2D eigenvalue weighted by molar-refractivity contribution is 6.34. The summed E-state index contributed by atoms with van der Waals surface area (Å²) in [6.07, 6.45) is 0.585. The monoisotopic (exact) mass is 354 g/mol. The van der Waals surface area contributed by atoms with Crippen LogP contribution in [0.2, 0.25) is 5.02 Å². The molecule has 1 atom stereocenters. The molecule has 0 saturated carbocycles. The van der Waals surface area contributed by atoms with Crippen molar-refractivity contribution < 1.29 is 14.4 Å². The second kappa shape index (κ2) is 6.01. The molecule has 1 unspecified atom stereocenters. The molecule has 2 aliphatic heterocycles. The minimum atomic E-state index is -0.625. The summed E-state index contributed by atoms with van der Waals surface area (Å²) in [6, 6.07) is 12.5. The number of nitrogens with one attached hydrogen (secondary N) is 1. The van der Waals surface area contributed by atoms with Crippen LogP contribution in [0.5, 0.6) is 0 Å². The van der Waals surface area contributed by atoms with Crippen LogP contribution in [0.25, 0.3) is 11.1 Å². The second-order valence-electron chi connectivity index (χ2n) is 6.22. The van der Waals surface area contributed by atoms with Gasteiger partial charge < -0.3 is 4.90 Å². The van der Waals surface area contributed by atoms with Crippen LogP contribution in [0.1, 0.15) is 28.8 Å². The molecular weight excluding hydrogens is 340 g/mol. The summed E-state index contributed by atoms with van der Waals surface area (Å²) in [5.74, 6) is -0.922. The van der Waals surface area contributed by atoms with E-state index in [1.807, 2.05) is 36.4 Å². The number of nitrogens with zero attached hydrogens (tertiary/aromatic N) is 1. The van der Waals surface area contributed by atoms with Gasteiger partial charge in [0.1, 0.15) is 6.04 Å². The van der Waals surface area contributed by atoms with E-state index in [9.17, 15) is 14.4 Å². The number of amides is 3. The van der Waals surface area contributed by atoms with E-state index in [0.717, 1.165) is 11.1 Å². The van der Waals surface area contributed by atoms with Crippen LogP contribution in [0.15, 0.2) is 42.5 Å². The topological polar surface area (TPSA) is 66.5 Å². The van der Waals surface area contributed by atoms with E-state index in [1.165, 1.54) is 4.90 Å². The van der Waals surface area contributed by atoms with Crippen LogP contribution in [0.4, 0.5) is 0 Å². The zero-order chi connectivity index (χ0) is 17.6. The lowest BCUT2D eigenvalue weighted by atomic mass is 9.96. The third kappa shape index (κ3) is 2.61. The van der Waals surface area contributed by atoms with Crippen molar-refractivity contribution in [2.24, 2.45) is 0 Å². The first-order chi connectivity index (χ1) is 12.1. The quantitative estimate of drug-likeness (QED) is 0.843. The lowest BCUT2D eigenvalue weighted by Crippen LogP contribution is -2.52. The van der Waals surface area contributed by atoms with Gasteiger partial charge in [-0.05, 0) is 23.6 Å². The van der Waals surface area contributed by atoms with Crippen molar-refractivity contribution in [1.82, 2.24) is 10.2 Å². The van der Waals surface area contributed by atoms with Crippen molar-refractivity contribution in [2.45, 2.75) is 25.4 Å². The summed E-state index contributed by atoms with van der Waals surface area (Å²) in [6.45, 7) is 0.345. The number of carbonyl (C=O) groups excluding carboxylic acids is 3. The Morgan fingerprint density at radius 3 is 2.48 bits per heavy atom. The fourth-order valence-corrected chi connectivity index (χ4v) is 3.78.